The Morgan fingerprint density at radius 3 is 2.51 bits per heavy atom. The van der Waals surface area contributed by atoms with E-state index in [1.807, 2.05) is 48.7 Å². The average Bonchev–Trinajstić information content (AvgIpc) is 3.31. The lowest BCUT2D eigenvalue weighted by Gasteiger charge is -2.27. The molecule has 0 aliphatic carbocycles. The second-order valence-corrected chi connectivity index (χ2v) is 9.06. The first-order valence-corrected chi connectivity index (χ1v) is 12.7. The molecule has 1 fully saturated rings. The van der Waals surface area contributed by atoms with Crippen LogP contribution in [0, 0.1) is 0 Å². The summed E-state index contributed by atoms with van der Waals surface area (Å²) in [7, 11) is 0. The minimum absolute atomic E-state index is 0.150. The summed E-state index contributed by atoms with van der Waals surface area (Å²) in [5.41, 5.74) is 1.90. The number of carbonyl (C=O) groups is 2. The molecule has 0 unspecified atom stereocenters. The number of ether oxygens (including phenoxy) is 1. The van der Waals surface area contributed by atoms with E-state index in [1.165, 1.54) is 11.8 Å². The van der Waals surface area contributed by atoms with Crippen molar-refractivity contribution in [1.82, 2.24) is 20.1 Å². The first kappa shape index (κ1) is 24.7. The van der Waals surface area contributed by atoms with Gasteiger partial charge in [0.15, 0.2) is 5.16 Å². The maximum atomic E-state index is 12.9. The zero-order chi connectivity index (χ0) is 24.6. The predicted octanol–water partition coefficient (Wildman–Crippen LogP) is 3.36. The highest BCUT2D eigenvalue weighted by Crippen LogP contribution is 2.24. The number of benzene rings is 2. The Bertz CT molecular complexity index is 1150. The quantitative estimate of drug-likeness (QED) is 0.440. The van der Waals surface area contributed by atoms with Gasteiger partial charge in [-0.2, -0.15) is 0 Å². The molecule has 0 saturated carbocycles. The van der Waals surface area contributed by atoms with Crippen LogP contribution in [0.1, 0.15) is 35.8 Å². The molecule has 35 heavy (non-hydrogen) atoms. The molecule has 2 amide bonds. The van der Waals surface area contributed by atoms with E-state index in [0.717, 1.165) is 24.6 Å². The number of morpholine rings is 1. The number of thioether (sulfide) groups is 1. The summed E-state index contributed by atoms with van der Waals surface area (Å²) in [6.07, 6.45) is 0. The van der Waals surface area contributed by atoms with Crippen molar-refractivity contribution in [1.29, 1.82) is 0 Å². The van der Waals surface area contributed by atoms with Gasteiger partial charge in [0.2, 0.25) is 11.9 Å². The van der Waals surface area contributed by atoms with Gasteiger partial charge >= 0.3 is 0 Å². The molecule has 1 aromatic heterocycles. The molecular formula is C25H30N6O3S. The average molecular weight is 495 g/mol. The van der Waals surface area contributed by atoms with E-state index in [-0.39, 0.29) is 23.6 Å². The largest absolute Gasteiger partial charge is 0.378 e. The SMILES string of the molecule is CCn1c(SCC(=O)Nc2ccccc2C(=O)N[C@@H](C)c2ccccc2)nnc1N1CCOCC1. The van der Waals surface area contributed by atoms with Crippen molar-refractivity contribution in [2.24, 2.45) is 0 Å². The van der Waals surface area contributed by atoms with E-state index in [4.69, 9.17) is 4.74 Å². The third kappa shape index (κ3) is 6.20. The number of carbonyl (C=O) groups excluding carboxylic acids is 2. The molecule has 0 spiro atoms. The van der Waals surface area contributed by atoms with Crippen molar-refractivity contribution in [2.75, 3.05) is 42.3 Å². The van der Waals surface area contributed by atoms with E-state index in [2.05, 4.69) is 25.7 Å². The number of para-hydroxylation sites is 1. The van der Waals surface area contributed by atoms with E-state index in [1.54, 1.807) is 24.3 Å². The van der Waals surface area contributed by atoms with Gasteiger partial charge in [0, 0.05) is 19.6 Å². The lowest BCUT2D eigenvalue weighted by molar-refractivity contribution is -0.113. The van der Waals surface area contributed by atoms with Gasteiger partial charge < -0.3 is 20.3 Å². The number of nitrogens with one attached hydrogen (secondary N) is 2. The predicted molar refractivity (Wildman–Crippen MR) is 137 cm³/mol. The molecule has 2 N–H and O–H groups in total. The van der Waals surface area contributed by atoms with Crippen LogP contribution in [0.3, 0.4) is 0 Å². The fourth-order valence-corrected chi connectivity index (χ4v) is 4.67. The standard InChI is InChI=1S/C25H30N6O3S/c1-3-31-24(30-13-15-34-16-14-30)28-29-25(31)35-17-22(32)27-21-12-8-7-11-20(21)23(33)26-18(2)19-9-5-4-6-10-19/h4-12,18H,3,13-17H2,1-2H3,(H,26,33)(H,27,32)/t18-/m0/s1. The molecule has 184 valence electrons. The molecule has 0 bridgehead atoms. The van der Waals surface area contributed by atoms with Gasteiger partial charge in [-0.15, -0.1) is 10.2 Å². The summed E-state index contributed by atoms with van der Waals surface area (Å²) >= 11 is 1.32. The van der Waals surface area contributed by atoms with E-state index in [9.17, 15) is 9.59 Å². The van der Waals surface area contributed by atoms with Crippen LogP contribution in [0.25, 0.3) is 0 Å². The molecule has 10 heteroatoms. The lowest BCUT2D eigenvalue weighted by atomic mass is 10.1. The second-order valence-electron chi connectivity index (χ2n) is 8.11. The Balaban J connectivity index is 1.38. The molecule has 1 atom stereocenters. The maximum absolute atomic E-state index is 12.9. The molecule has 0 radical (unpaired) electrons. The number of nitrogens with zero attached hydrogens (tertiary/aromatic N) is 4. The van der Waals surface area contributed by atoms with Crippen molar-refractivity contribution < 1.29 is 14.3 Å². The summed E-state index contributed by atoms with van der Waals surface area (Å²) in [5, 5.41) is 15.2. The molecule has 4 rings (SSSR count). The van der Waals surface area contributed by atoms with Crippen molar-refractivity contribution >= 4 is 35.2 Å². The van der Waals surface area contributed by atoms with Gasteiger partial charge in [0.1, 0.15) is 0 Å². The Labute approximate surface area is 209 Å². The van der Waals surface area contributed by atoms with Crippen LogP contribution >= 0.6 is 11.8 Å². The molecule has 3 aromatic rings. The van der Waals surface area contributed by atoms with Crippen LogP contribution in [0.15, 0.2) is 59.8 Å². The monoisotopic (exact) mass is 494 g/mol. The van der Waals surface area contributed by atoms with Crippen LogP contribution < -0.4 is 15.5 Å². The molecular weight excluding hydrogens is 464 g/mol. The Hall–Kier alpha value is -3.37. The van der Waals surface area contributed by atoms with Crippen molar-refractivity contribution in [3.63, 3.8) is 0 Å². The summed E-state index contributed by atoms with van der Waals surface area (Å²) in [4.78, 5) is 27.9. The Morgan fingerprint density at radius 2 is 1.77 bits per heavy atom. The zero-order valence-corrected chi connectivity index (χ0v) is 20.8. The molecule has 2 aromatic carbocycles. The molecule has 2 heterocycles. The zero-order valence-electron chi connectivity index (χ0n) is 19.9. The fourth-order valence-electron chi connectivity index (χ4n) is 3.87. The number of anilines is 2. The Morgan fingerprint density at radius 1 is 1.06 bits per heavy atom. The third-order valence-corrected chi connectivity index (χ3v) is 6.70. The second kappa shape index (κ2) is 11.9. The third-order valence-electron chi connectivity index (χ3n) is 5.73. The summed E-state index contributed by atoms with van der Waals surface area (Å²) < 4.78 is 7.43. The highest BCUT2D eigenvalue weighted by atomic mass is 32.2. The number of rotatable bonds is 9. The highest BCUT2D eigenvalue weighted by Gasteiger charge is 2.21. The van der Waals surface area contributed by atoms with Gasteiger partial charge in [-0.25, -0.2) is 0 Å². The van der Waals surface area contributed by atoms with Crippen molar-refractivity contribution in [3.05, 3.63) is 65.7 Å². The minimum atomic E-state index is -0.245. The summed E-state index contributed by atoms with van der Waals surface area (Å²) in [5.74, 6) is 0.487. The van der Waals surface area contributed by atoms with Gasteiger partial charge in [0.05, 0.1) is 36.3 Å². The number of amides is 2. The van der Waals surface area contributed by atoms with Crippen molar-refractivity contribution in [2.45, 2.75) is 31.6 Å². The number of hydrogen-bond acceptors (Lipinski definition) is 7. The van der Waals surface area contributed by atoms with Crippen LogP contribution in [0.5, 0.6) is 0 Å². The Kier molecular flexibility index (Phi) is 8.38. The van der Waals surface area contributed by atoms with Crippen LogP contribution in [0.2, 0.25) is 0 Å². The molecule has 1 saturated heterocycles. The smallest absolute Gasteiger partial charge is 0.253 e. The lowest BCUT2D eigenvalue weighted by Crippen LogP contribution is -2.38. The maximum Gasteiger partial charge on any atom is 0.253 e. The van der Waals surface area contributed by atoms with E-state index in [0.29, 0.717) is 36.2 Å². The minimum Gasteiger partial charge on any atom is -0.378 e. The fraction of sp³-hybridized carbons (Fsp3) is 0.360. The molecule has 9 nitrogen and oxygen atoms in total. The van der Waals surface area contributed by atoms with Crippen LogP contribution in [0.4, 0.5) is 11.6 Å². The molecule has 1 aliphatic rings. The first-order valence-electron chi connectivity index (χ1n) is 11.7. The van der Waals surface area contributed by atoms with Crippen molar-refractivity contribution in [3.8, 4) is 0 Å². The topological polar surface area (TPSA) is 101 Å². The van der Waals surface area contributed by atoms with Gasteiger partial charge in [0.25, 0.3) is 5.91 Å². The first-order chi connectivity index (χ1) is 17.1. The van der Waals surface area contributed by atoms with Gasteiger partial charge in [-0.3, -0.25) is 14.2 Å². The van der Waals surface area contributed by atoms with E-state index < -0.39 is 0 Å². The number of aromatic nitrogens is 3. The number of hydrogen-bond donors (Lipinski definition) is 2. The van der Waals surface area contributed by atoms with Crippen LogP contribution in [-0.4, -0.2) is 58.6 Å². The normalized spacial score (nSPS) is 14.4. The van der Waals surface area contributed by atoms with E-state index >= 15 is 0 Å². The van der Waals surface area contributed by atoms with Gasteiger partial charge in [-0.1, -0.05) is 54.2 Å². The summed E-state index contributed by atoms with van der Waals surface area (Å²) in [6, 6.07) is 16.6. The highest BCUT2D eigenvalue weighted by molar-refractivity contribution is 7.99. The summed E-state index contributed by atoms with van der Waals surface area (Å²) in [6.45, 7) is 7.53. The molecule has 1 aliphatic heterocycles. The van der Waals surface area contributed by atoms with Gasteiger partial charge in [-0.05, 0) is 31.5 Å². The van der Waals surface area contributed by atoms with Crippen LogP contribution in [-0.2, 0) is 16.1 Å².